The number of methoxy groups -OCH3 is 1. The number of allylic oxidation sites excluding steroid dienone is 1. The molecule has 0 saturated carbocycles. The molecule has 1 aromatic rings. The second kappa shape index (κ2) is 7.08. The molecule has 0 unspecified atom stereocenters. The Kier molecular flexibility index (Phi) is 4.61. The third-order valence-electron chi connectivity index (χ3n) is 5.02. The van der Waals surface area contributed by atoms with Crippen molar-refractivity contribution in [2.45, 2.75) is 25.9 Å². The fraction of sp³-hybridized carbons (Fsp3) is 0.400. The van der Waals surface area contributed by atoms with Crippen LogP contribution >= 0.6 is 0 Å². The maximum atomic E-state index is 13.1. The minimum absolute atomic E-state index is 0.00677. The predicted molar refractivity (Wildman–Crippen MR) is 95.9 cm³/mol. The van der Waals surface area contributed by atoms with Crippen LogP contribution in [0.4, 0.5) is 0 Å². The van der Waals surface area contributed by atoms with Crippen molar-refractivity contribution >= 4 is 18.0 Å². The molecule has 3 aliphatic rings. The molecule has 1 atom stereocenters. The Morgan fingerprint density at radius 3 is 2.89 bits per heavy atom. The largest absolute Gasteiger partial charge is 0.465 e. The van der Waals surface area contributed by atoms with Crippen LogP contribution in [-0.2, 0) is 19.1 Å². The number of hydrogen-bond donors (Lipinski definition) is 0. The minimum Gasteiger partial charge on any atom is -0.465 e. The highest BCUT2D eigenvalue weighted by Crippen LogP contribution is 2.36. The van der Waals surface area contributed by atoms with Gasteiger partial charge in [0.2, 0.25) is 6.79 Å². The number of amides is 1. The first-order valence-electron chi connectivity index (χ1n) is 8.93. The van der Waals surface area contributed by atoms with E-state index in [1.807, 2.05) is 6.07 Å². The number of fused-ring (bicyclic) bond motifs is 1. The van der Waals surface area contributed by atoms with E-state index < -0.39 is 5.97 Å². The van der Waals surface area contributed by atoms with Crippen LogP contribution in [0.3, 0.4) is 0 Å². The molecule has 142 valence electrons. The zero-order valence-electron chi connectivity index (χ0n) is 15.3. The summed E-state index contributed by atoms with van der Waals surface area (Å²) in [7, 11) is 1.31. The van der Waals surface area contributed by atoms with Gasteiger partial charge < -0.3 is 23.8 Å². The van der Waals surface area contributed by atoms with Crippen molar-refractivity contribution in [3.8, 4) is 11.5 Å². The number of carbonyl (C=O) groups is 2. The van der Waals surface area contributed by atoms with Crippen LogP contribution in [0.2, 0.25) is 0 Å². The molecule has 0 spiro atoms. The summed E-state index contributed by atoms with van der Waals surface area (Å²) in [6.45, 7) is 3.08. The molecular formula is C20H21NO6. The first-order valence-corrected chi connectivity index (χ1v) is 8.93. The first-order chi connectivity index (χ1) is 13.1. The number of nitrogens with zero attached hydrogens (tertiary/aromatic N) is 1. The second-order valence-corrected chi connectivity index (χ2v) is 6.67. The Hall–Kier alpha value is -2.80. The van der Waals surface area contributed by atoms with Gasteiger partial charge in [-0.25, -0.2) is 4.79 Å². The molecule has 1 amide bonds. The van der Waals surface area contributed by atoms with Gasteiger partial charge in [0.05, 0.1) is 30.9 Å². The van der Waals surface area contributed by atoms with Gasteiger partial charge in [-0.3, -0.25) is 4.79 Å². The molecule has 1 aromatic carbocycles. The van der Waals surface area contributed by atoms with E-state index in [1.54, 1.807) is 30.0 Å². The van der Waals surface area contributed by atoms with Crippen molar-refractivity contribution in [2.24, 2.45) is 0 Å². The molecule has 1 saturated heterocycles. The molecule has 4 rings (SSSR count). The Morgan fingerprint density at radius 1 is 1.33 bits per heavy atom. The standard InChI is InChI=1S/C20H21NO6/c1-12-18(20(23)24-2)15(19(22)21(12)10-14-4-3-7-25-14)8-13-5-6-16-17(9-13)27-11-26-16/h5-6,8-9,14H,3-4,7,10-11H2,1-2H3/b15-8-/t14-/m0/s1. The summed E-state index contributed by atoms with van der Waals surface area (Å²) in [5.41, 5.74) is 1.94. The van der Waals surface area contributed by atoms with Crippen LogP contribution < -0.4 is 9.47 Å². The van der Waals surface area contributed by atoms with Gasteiger partial charge in [-0.2, -0.15) is 0 Å². The monoisotopic (exact) mass is 371 g/mol. The van der Waals surface area contributed by atoms with Crippen LogP contribution in [0.25, 0.3) is 6.08 Å². The van der Waals surface area contributed by atoms with Crippen molar-refractivity contribution in [3.05, 3.63) is 40.6 Å². The number of rotatable bonds is 4. The maximum Gasteiger partial charge on any atom is 0.340 e. The number of ether oxygens (including phenoxy) is 4. The van der Waals surface area contributed by atoms with Gasteiger partial charge in [0.25, 0.3) is 5.91 Å². The lowest BCUT2D eigenvalue weighted by Gasteiger charge is -2.21. The maximum absolute atomic E-state index is 13.1. The number of benzene rings is 1. The van der Waals surface area contributed by atoms with Gasteiger partial charge in [-0.1, -0.05) is 6.07 Å². The minimum atomic E-state index is -0.525. The Labute approximate surface area is 157 Å². The lowest BCUT2D eigenvalue weighted by atomic mass is 10.0. The second-order valence-electron chi connectivity index (χ2n) is 6.67. The van der Waals surface area contributed by atoms with Crippen LogP contribution in [0.15, 0.2) is 35.0 Å². The fourth-order valence-electron chi connectivity index (χ4n) is 3.61. The predicted octanol–water partition coefficient (Wildman–Crippen LogP) is 2.27. The first kappa shape index (κ1) is 17.6. The molecule has 1 fully saturated rings. The van der Waals surface area contributed by atoms with Gasteiger partial charge in [0.15, 0.2) is 11.5 Å². The van der Waals surface area contributed by atoms with Crippen molar-refractivity contribution < 1.29 is 28.5 Å². The molecule has 0 aromatic heterocycles. The molecule has 7 nitrogen and oxygen atoms in total. The van der Waals surface area contributed by atoms with E-state index in [2.05, 4.69) is 0 Å². The molecule has 0 radical (unpaired) electrons. The molecule has 3 aliphatic heterocycles. The summed E-state index contributed by atoms with van der Waals surface area (Å²) in [6, 6.07) is 5.39. The van der Waals surface area contributed by atoms with Crippen molar-refractivity contribution in [3.63, 3.8) is 0 Å². The Bertz CT molecular complexity index is 850. The van der Waals surface area contributed by atoms with E-state index in [4.69, 9.17) is 18.9 Å². The lowest BCUT2D eigenvalue weighted by molar-refractivity contribution is -0.136. The van der Waals surface area contributed by atoms with Crippen LogP contribution in [0.5, 0.6) is 11.5 Å². The van der Waals surface area contributed by atoms with E-state index in [9.17, 15) is 9.59 Å². The van der Waals surface area contributed by atoms with Crippen molar-refractivity contribution in [1.82, 2.24) is 4.90 Å². The topological polar surface area (TPSA) is 74.3 Å². The van der Waals surface area contributed by atoms with Gasteiger partial charge in [0, 0.05) is 12.3 Å². The molecular weight excluding hydrogens is 350 g/mol. The van der Waals surface area contributed by atoms with Gasteiger partial charge in [-0.05, 0) is 43.5 Å². The summed E-state index contributed by atoms with van der Waals surface area (Å²) in [4.78, 5) is 27.0. The summed E-state index contributed by atoms with van der Waals surface area (Å²) in [6.07, 6.45) is 3.58. The van der Waals surface area contributed by atoms with E-state index in [-0.39, 0.29) is 24.4 Å². The molecule has 0 bridgehead atoms. The summed E-state index contributed by atoms with van der Waals surface area (Å²) < 4.78 is 21.3. The number of esters is 1. The SMILES string of the molecule is COC(=O)C1=C(C)N(C[C@@H]2CCCO2)C(=O)/C1=C\c1ccc2c(c1)OCO2. The third-order valence-corrected chi connectivity index (χ3v) is 5.02. The normalized spacial score (nSPS) is 22.9. The average Bonchev–Trinajstić information content (AvgIpc) is 3.39. The Morgan fingerprint density at radius 2 is 2.15 bits per heavy atom. The van der Waals surface area contributed by atoms with Crippen LogP contribution in [0, 0.1) is 0 Å². The Balaban J connectivity index is 1.69. The molecule has 0 N–H and O–H groups in total. The van der Waals surface area contributed by atoms with Crippen LogP contribution in [0.1, 0.15) is 25.3 Å². The van der Waals surface area contributed by atoms with E-state index in [0.717, 1.165) is 18.4 Å². The van der Waals surface area contributed by atoms with Gasteiger partial charge >= 0.3 is 5.97 Å². The van der Waals surface area contributed by atoms with Crippen molar-refractivity contribution in [2.75, 3.05) is 27.1 Å². The molecule has 27 heavy (non-hydrogen) atoms. The highest BCUT2D eigenvalue weighted by atomic mass is 16.7. The quantitative estimate of drug-likeness (QED) is 0.597. The van der Waals surface area contributed by atoms with E-state index >= 15 is 0 Å². The van der Waals surface area contributed by atoms with Crippen LogP contribution in [-0.4, -0.2) is 49.9 Å². The molecule has 0 aliphatic carbocycles. The van der Waals surface area contributed by atoms with E-state index in [1.165, 1.54) is 7.11 Å². The highest BCUT2D eigenvalue weighted by Gasteiger charge is 2.38. The molecule has 7 heteroatoms. The number of hydrogen-bond acceptors (Lipinski definition) is 6. The fourth-order valence-corrected chi connectivity index (χ4v) is 3.61. The highest BCUT2D eigenvalue weighted by molar-refractivity contribution is 6.16. The smallest absolute Gasteiger partial charge is 0.340 e. The zero-order chi connectivity index (χ0) is 19.0. The summed E-state index contributed by atoms with van der Waals surface area (Å²) >= 11 is 0. The average molecular weight is 371 g/mol. The van der Waals surface area contributed by atoms with Crippen molar-refractivity contribution in [1.29, 1.82) is 0 Å². The number of carbonyl (C=O) groups excluding carboxylic acids is 2. The lowest BCUT2D eigenvalue weighted by Crippen LogP contribution is -2.33. The molecule has 3 heterocycles. The summed E-state index contributed by atoms with van der Waals surface area (Å²) in [5, 5.41) is 0. The van der Waals surface area contributed by atoms with Gasteiger partial charge in [-0.15, -0.1) is 0 Å². The summed E-state index contributed by atoms with van der Waals surface area (Å²) in [5.74, 6) is 0.532. The van der Waals surface area contributed by atoms with Gasteiger partial charge in [0.1, 0.15) is 0 Å². The third kappa shape index (κ3) is 3.19. The zero-order valence-corrected chi connectivity index (χ0v) is 15.3. The van der Waals surface area contributed by atoms with E-state index in [0.29, 0.717) is 35.9 Å².